The Morgan fingerprint density at radius 2 is 1.86 bits per heavy atom. The molecule has 3 rings (SSSR count). The fourth-order valence-corrected chi connectivity index (χ4v) is 4.46. The van der Waals surface area contributed by atoms with E-state index >= 15 is 0 Å². The number of hydrogen-bond donors (Lipinski definition) is 0. The Kier molecular flexibility index (Phi) is 7.12. The third kappa shape index (κ3) is 5.92. The van der Waals surface area contributed by atoms with Gasteiger partial charge in [0, 0.05) is 33.1 Å². The van der Waals surface area contributed by atoms with Gasteiger partial charge in [-0.15, -0.1) is 0 Å². The highest BCUT2D eigenvalue weighted by molar-refractivity contribution is 5.78. The predicted molar refractivity (Wildman–Crippen MR) is 118 cm³/mol. The fourth-order valence-electron chi connectivity index (χ4n) is 4.46. The van der Waals surface area contributed by atoms with Gasteiger partial charge in [0.2, 0.25) is 5.91 Å². The minimum absolute atomic E-state index is 0.218. The molecule has 5 heteroatoms. The van der Waals surface area contributed by atoms with E-state index in [4.69, 9.17) is 5.10 Å². The fraction of sp³-hybridized carbons (Fsp3) is 0.583. The zero-order valence-corrected chi connectivity index (χ0v) is 18.7. The lowest BCUT2D eigenvalue weighted by Crippen LogP contribution is -2.34. The van der Waals surface area contributed by atoms with Crippen LogP contribution in [0.1, 0.15) is 54.1 Å². The highest BCUT2D eigenvalue weighted by atomic mass is 16.2. The van der Waals surface area contributed by atoms with Crippen molar-refractivity contribution in [1.29, 1.82) is 0 Å². The minimum Gasteiger partial charge on any atom is -0.345 e. The summed E-state index contributed by atoms with van der Waals surface area (Å²) >= 11 is 0. The zero-order valence-electron chi connectivity index (χ0n) is 18.7. The van der Waals surface area contributed by atoms with Crippen LogP contribution in [0.15, 0.2) is 30.3 Å². The molecule has 0 aliphatic heterocycles. The third-order valence-electron chi connectivity index (χ3n) is 6.13. The van der Waals surface area contributed by atoms with Gasteiger partial charge in [-0.2, -0.15) is 5.10 Å². The van der Waals surface area contributed by atoms with Crippen LogP contribution in [0, 0.1) is 12.8 Å². The highest BCUT2D eigenvalue weighted by Gasteiger charge is 2.26. The molecule has 0 atom stereocenters. The van der Waals surface area contributed by atoms with E-state index in [1.165, 1.54) is 42.6 Å². The summed E-state index contributed by atoms with van der Waals surface area (Å²) < 4.78 is 2.03. The van der Waals surface area contributed by atoms with Gasteiger partial charge >= 0.3 is 0 Å². The van der Waals surface area contributed by atoms with Crippen LogP contribution in [0.3, 0.4) is 0 Å². The summed E-state index contributed by atoms with van der Waals surface area (Å²) in [5, 5.41) is 4.78. The van der Waals surface area contributed by atoms with Gasteiger partial charge in [0.05, 0.1) is 17.8 Å². The maximum absolute atomic E-state index is 12.6. The molecule has 1 amide bonds. The predicted octanol–water partition coefficient (Wildman–Crippen LogP) is 3.77. The van der Waals surface area contributed by atoms with Crippen molar-refractivity contribution >= 4 is 5.91 Å². The van der Waals surface area contributed by atoms with Crippen LogP contribution in [0.25, 0.3) is 0 Å². The van der Waals surface area contributed by atoms with E-state index in [2.05, 4.69) is 44.1 Å². The molecular formula is C24H36N4O. The molecule has 29 heavy (non-hydrogen) atoms. The van der Waals surface area contributed by atoms with E-state index in [1.807, 2.05) is 35.8 Å². The molecule has 1 aromatic heterocycles. The summed E-state index contributed by atoms with van der Waals surface area (Å²) in [5.41, 5.74) is 4.83. The van der Waals surface area contributed by atoms with Crippen molar-refractivity contribution in [3.05, 3.63) is 52.8 Å². The second-order valence-electron chi connectivity index (χ2n) is 9.08. The van der Waals surface area contributed by atoms with Crippen molar-refractivity contribution in [2.24, 2.45) is 13.0 Å². The first-order chi connectivity index (χ1) is 13.8. The molecule has 1 aliphatic rings. The Morgan fingerprint density at radius 3 is 2.52 bits per heavy atom. The van der Waals surface area contributed by atoms with Crippen LogP contribution in [-0.4, -0.2) is 53.2 Å². The Balaban J connectivity index is 1.48. The molecule has 2 aromatic rings. The topological polar surface area (TPSA) is 41.4 Å². The van der Waals surface area contributed by atoms with Gasteiger partial charge in [-0.3, -0.25) is 9.48 Å². The first-order valence-electron chi connectivity index (χ1n) is 10.8. The molecule has 0 spiro atoms. The molecule has 0 radical (unpaired) electrons. The standard InChI is InChI=1S/C24H36N4O/c1-18-7-6-8-20(13-18)14-24(29)27(4)16-19-9-11-21(12-10-19)23-15-22(17-26(2)3)28(5)25-23/h6-8,13,15,19,21H,9-12,14,16-17H2,1-5H3. The van der Waals surface area contributed by atoms with E-state index in [0.717, 1.165) is 18.7 Å². The molecule has 0 unspecified atom stereocenters. The second kappa shape index (κ2) is 9.57. The van der Waals surface area contributed by atoms with Crippen LogP contribution in [0.5, 0.6) is 0 Å². The normalized spacial score (nSPS) is 19.5. The Morgan fingerprint density at radius 1 is 1.14 bits per heavy atom. The van der Waals surface area contributed by atoms with Crippen molar-refractivity contribution in [2.45, 2.75) is 51.5 Å². The molecule has 5 nitrogen and oxygen atoms in total. The summed E-state index contributed by atoms with van der Waals surface area (Å²) in [4.78, 5) is 16.7. The Bertz CT molecular complexity index is 818. The van der Waals surface area contributed by atoms with Crippen LogP contribution in [0.4, 0.5) is 0 Å². The van der Waals surface area contributed by atoms with Gasteiger partial charge in [0.1, 0.15) is 0 Å². The third-order valence-corrected chi connectivity index (χ3v) is 6.13. The van der Waals surface area contributed by atoms with Gasteiger partial charge in [-0.1, -0.05) is 29.8 Å². The van der Waals surface area contributed by atoms with Crippen LogP contribution >= 0.6 is 0 Å². The van der Waals surface area contributed by atoms with E-state index in [-0.39, 0.29) is 5.91 Å². The van der Waals surface area contributed by atoms with Crippen molar-refractivity contribution in [3.8, 4) is 0 Å². The molecule has 1 saturated carbocycles. The quantitative estimate of drug-likeness (QED) is 0.715. The number of rotatable bonds is 7. The smallest absolute Gasteiger partial charge is 0.226 e. The van der Waals surface area contributed by atoms with Gasteiger partial charge in [-0.05, 0) is 64.3 Å². The van der Waals surface area contributed by atoms with Gasteiger partial charge < -0.3 is 9.80 Å². The number of aryl methyl sites for hydroxylation is 2. The molecule has 1 aliphatic carbocycles. The average molecular weight is 397 g/mol. The molecule has 1 fully saturated rings. The molecule has 1 aromatic carbocycles. The number of aromatic nitrogens is 2. The monoisotopic (exact) mass is 396 g/mol. The molecule has 0 saturated heterocycles. The summed E-state index contributed by atoms with van der Waals surface area (Å²) in [6, 6.07) is 10.5. The SMILES string of the molecule is Cc1cccc(CC(=O)N(C)CC2CCC(c3cc(CN(C)C)n(C)n3)CC2)c1. The summed E-state index contributed by atoms with van der Waals surface area (Å²) in [6.45, 7) is 3.86. The van der Waals surface area contributed by atoms with Crippen molar-refractivity contribution in [2.75, 3.05) is 27.7 Å². The first kappa shape index (κ1) is 21.6. The average Bonchev–Trinajstić information content (AvgIpc) is 3.02. The second-order valence-corrected chi connectivity index (χ2v) is 9.08. The Hall–Kier alpha value is -2.14. The molecule has 0 N–H and O–H groups in total. The van der Waals surface area contributed by atoms with Gasteiger partial charge in [-0.25, -0.2) is 0 Å². The number of nitrogens with zero attached hydrogens (tertiary/aromatic N) is 4. The highest BCUT2D eigenvalue weighted by Crippen LogP contribution is 2.35. The lowest BCUT2D eigenvalue weighted by atomic mass is 9.80. The van der Waals surface area contributed by atoms with E-state index in [0.29, 0.717) is 18.3 Å². The molecule has 0 bridgehead atoms. The maximum atomic E-state index is 12.6. The molecular weight excluding hydrogens is 360 g/mol. The summed E-state index contributed by atoms with van der Waals surface area (Å²) in [7, 11) is 8.18. The van der Waals surface area contributed by atoms with E-state index < -0.39 is 0 Å². The number of benzene rings is 1. The van der Waals surface area contributed by atoms with Crippen LogP contribution < -0.4 is 0 Å². The van der Waals surface area contributed by atoms with Gasteiger partial charge in [0.25, 0.3) is 0 Å². The number of likely N-dealkylation sites (N-methyl/N-ethyl adjacent to an activating group) is 1. The number of hydrogen-bond acceptors (Lipinski definition) is 3. The van der Waals surface area contributed by atoms with Crippen LogP contribution in [0.2, 0.25) is 0 Å². The maximum Gasteiger partial charge on any atom is 0.226 e. The number of carbonyl (C=O) groups is 1. The van der Waals surface area contributed by atoms with Gasteiger partial charge in [0.15, 0.2) is 0 Å². The summed E-state index contributed by atoms with van der Waals surface area (Å²) in [6.07, 6.45) is 5.18. The van der Waals surface area contributed by atoms with Crippen molar-refractivity contribution < 1.29 is 4.79 Å². The van der Waals surface area contributed by atoms with E-state index in [1.54, 1.807) is 0 Å². The molecule has 158 valence electrons. The Labute approximate surface area is 175 Å². The van der Waals surface area contributed by atoms with Crippen molar-refractivity contribution in [3.63, 3.8) is 0 Å². The lowest BCUT2D eigenvalue weighted by molar-refractivity contribution is -0.129. The minimum atomic E-state index is 0.218. The zero-order chi connectivity index (χ0) is 21.0. The number of amides is 1. The summed E-state index contributed by atoms with van der Waals surface area (Å²) in [5.74, 6) is 1.38. The van der Waals surface area contributed by atoms with E-state index in [9.17, 15) is 4.79 Å². The first-order valence-corrected chi connectivity index (χ1v) is 10.8. The number of carbonyl (C=O) groups excluding carboxylic acids is 1. The van der Waals surface area contributed by atoms with Crippen LogP contribution in [-0.2, 0) is 24.8 Å². The lowest BCUT2D eigenvalue weighted by Gasteiger charge is -2.30. The van der Waals surface area contributed by atoms with Crippen molar-refractivity contribution in [1.82, 2.24) is 19.6 Å². The molecule has 1 heterocycles. The largest absolute Gasteiger partial charge is 0.345 e.